The first-order valence-corrected chi connectivity index (χ1v) is 12.9. The van der Waals surface area contributed by atoms with E-state index in [1.807, 2.05) is 67.8 Å². The Kier molecular flexibility index (Phi) is 13.2. The molecule has 0 aliphatic rings. The van der Waals surface area contributed by atoms with Gasteiger partial charge in [0.05, 0.1) is 40.9 Å². The van der Waals surface area contributed by atoms with Gasteiger partial charge in [0.25, 0.3) is 0 Å². The number of benzene rings is 1. The van der Waals surface area contributed by atoms with Crippen molar-refractivity contribution in [2.75, 3.05) is 23.8 Å². The van der Waals surface area contributed by atoms with E-state index in [0.29, 0.717) is 47.1 Å². The van der Waals surface area contributed by atoms with Crippen molar-refractivity contribution in [2.45, 2.75) is 52.9 Å². The molecule has 0 spiro atoms. The minimum absolute atomic E-state index is 0.193. The smallest absolute Gasteiger partial charge is 0.340 e. The molecule has 11 heteroatoms. The van der Waals surface area contributed by atoms with Gasteiger partial charge in [-0.15, -0.1) is 0 Å². The fourth-order valence-corrected chi connectivity index (χ4v) is 6.76. The highest BCUT2D eigenvalue weighted by atomic mass is 127. The second-order valence-corrected chi connectivity index (χ2v) is 9.77. The summed E-state index contributed by atoms with van der Waals surface area (Å²) < 4.78 is 12.1. The van der Waals surface area contributed by atoms with Gasteiger partial charge in [0.15, 0.2) is 0 Å². The average molecular weight is 770 g/mol. The lowest BCUT2D eigenvalue weighted by molar-refractivity contribution is -0.143. The first-order chi connectivity index (χ1) is 14.6. The first kappa shape index (κ1) is 28.3. The van der Waals surface area contributed by atoms with E-state index in [0.717, 1.165) is 19.3 Å². The predicted octanol–water partition coefficient (Wildman–Crippen LogP) is 5.09. The van der Waals surface area contributed by atoms with Crippen molar-refractivity contribution in [1.29, 1.82) is 0 Å². The summed E-state index contributed by atoms with van der Waals surface area (Å²) in [5.74, 6) is -1.28. The van der Waals surface area contributed by atoms with Crippen LogP contribution in [-0.2, 0) is 23.9 Å². The van der Waals surface area contributed by atoms with Crippen molar-refractivity contribution in [1.82, 2.24) is 0 Å². The van der Waals surface area contributed by atoms with Gasteiger partial charge < -0.3 is 20.1 Å². The Bertz CT molecular complexity index is 802. The monoisotopic (exact) mass is 770 g/mol. The summed E-state index contributed by atoms with van der Waals surface area (Å²) in [4.78, 5) is 47.4. The number of hydrogen-bond donors (Lipinski definition) is 2. The Morgan fingerprint density at radius 3 is 1.77 bits per heavy atom. The summed E-state index contributed by atoms with van der Waals surface area (Å²) in [6, 6.07) is 0. The molecule has 0 saturated heterocycles. The lowest BCUT2D eigenvalue weighted by atomic mass is 10.1. The molecule has 0 radical (unpaired) electrons. The summed E-state index contributed by atoms with van der Waals surface area (Å²) in [6.45, 7) is 5.16. The second kappa shape index (κ2) is 14.4. The number of nitrogens with one attached hydrogen (secondary N) is 2. The van der Waals surface area contributed by atoms with Crippen LogP contribution < -0.4 is 10.6 Å². The van der Waals surface area contributed by atoms with Crippen LogP contribution in [0.1, 0.15) is 63.2 Å². The molecular weight excluding hydrogens is 745 g/mol. The van der Waals surface area contributed by atoms with Crippen molar-refractivity contribution in [2.24, 2.45) is 0 Å². The summed E-state index contributed by atoms with van der Waals surface area (Å²) in [5.41, 5.74) is 1.23. The minimum atomic E-state index is -0.519. The van der Waals surface area contributed by atoms with Crippen LogP contribution >= 0.6 is 67.8 Å². The summed E-state index contributed by atoms with van der Waals surface area (Å²) in [5, 5.41) is 5.46. The molecule has 1 aromatic carbocycles. The Morgan fingerprint density at radius 1 is 0.774 bits per heavy atom. The zero-order chi connectivity index (χ0) is 23.6. The number of carbonyl (C=O) groups excluding carboxylic acids is 4. The number of amides is 2. The molecule has 0 unspecified atom stereocenters. The van der Waals surface area contributed by atoms with Gasteiger partial charge in [0.2, 0.25) is 11.8 Å². The fraction of sp³-hybridized carbons (Fsp3) is 0.500. The molecule has 0 aliphatic heterocycles. The van der Waals surface area contributed by atoms with Gasteiger partial charge in [0, 0.05) is 20.3 Å². The van der Waals surface area contributed by atoms with Gasteiger partial charge in [-0.3, -0.25) is 14.4 Å². The van der Waals surface area contributed by atoms with Crippen molar-refractivity contribution < 1.29 is 28.7 Å². The molecule has 0 fully saturated rings. The van der Waals surface area contributed by atoms with Gasteiger partial charge in [-0.25, -0.2) is 4.79 Å². The van der Waals surface area contributed by atoms with E-state index in [9.17, 15) is 19.2 Å². The van der Waals surface area contributed by atoms with E-state index in [4.69, 9.17) is 9.47 Å². The number of ether oxygens (including phenoxy) is 2. The summed E-state index contributed by atoms with van der Waals surface area (Å²) in [6.07, 6.45) is 3.46. The van der Waals surface area contributed by atoms with Crippen LogP contribution in [0, 0.1) is 10.7 Å². The van der Waals surface area contributed by atoms with Crippen LogP contribution in [0.3, 0.4) is 0 Å². The van der Waals surface area contributed by atoms with Crippen LogP contribution in [0.15, 0.2) is 0 Å². The molecular formula is C20H25I3N2O6. The van der Waals surface area contributed by atoms with E-state index in [2.05, 4.69) is 10.6 Å². The molecule has 0 saturated carbocycles. The molecule has 0 aromatic heterocycles. The number of hydrogen-bond acceptors (Lipinski definition) is 6. The third-order valence-electron chi connectivity index (χ3n) is 3.94. The number of anilines is 2. The SMILES string of the molecule is CCOC(=O)CCCCCCOC(=O)c1c(I)c(NC(C)=O)c(I)c(NC(C)=O)c1I. The zero-order valence-corrected chi connectivity index (χ0v) is 24.0. The molecule has 0 atom stereocenters. The quantitative estimate of drug-likeness (QED) is 0.185. The maximum atomic E-state index is 12.8. The first-order valence-electron chi connectivity index (χ1n) is 9.68. The van der Waals surface area contributed by atoms with Crippen LogP contribution in [0.5, 0.6) is 0 Å². The molecule has 2 amide bonds. The molecule has 0 heterocycles. The van der Waals surface area contributed by atoms with Crippen molar-refractivity contribution in [3.8, 4) is 0 Å². The van der Waals surface area contributed by atoms with Gasteiger partial charge in [-0.05, 0) is 87.5 Å². The van der Waals surface area contributed by atoms with Crippen LogP contribution in [0.2, 0.25) is 0 Å². The molecule has 2 N–H and O–H groups in total. The Hall–Kier alpha value is -0.710. The summed E-state index contributed by atoms with van der Waals surface area (Å²) in [7, 11) is 0. The Labute approximate surface area is 222 Å². The highest BCUT2D eigenvalue weighted by Crippen LogP contribution is 2.39. The number of carbonyl (C=O) groups is 4. The Morgan fingerprint density at radius 2 is 1.29 bits per heavy atom. The van der Waals surface area contributed by atoms with Crippen molar-refractivity contribution >= 4 is 103 Å². The normalized spacial score (nSPS) is 10.4. The van der Waals surface area contributed by atoms with Crippen LogP contribution in [0.25, 0.3) is 0 Å². The second-order valence-electron chi connectivity index (χ2n) is 6.53. The third-order valence-corrected chi connectivity index (χ3v) is 7.17. The molecule has 1 aromatic rings. The van der Waals surface area contributed by atoms with Crippen LogP contribution in [0.4, 0.5) is 11.4 Å². The zero-order valence-electron chi connectivity index (χ0n) is 17.5. The highest BCUT2D eigenvalue weighted by Gasteiger charge is 2.26. The topological polar surface area (TPSA) is 111 Å². The molecule has 31 heavy (non-hydrogen) atoms. The third kappa shape index (κ3) is 9.35. The minimum Gasteiger partial charge on any atom is -0.466 e. The maximum absolute atomic E-state index is 12.8. The van der Waals surface area contributed by atoms with Gasteiger partial charge >= 0.3 is 11.9 Å². The molecule has 172 valence electrons. The van der Waals surface area contributed by atoms with E-state index in [1.165, 1.54) is 13.8 Å². The van der Waals surface area contributed by atoms with Crippen LogP contribution in [-0.4, -0.2) is 37.0 Å². The van der Waals surface area contributed by atoms with Crippen molar-refractivity contribution in [3.63, 3.8) is 0 Å². The standard InChI is InChI=1S/C20H25I3N2O6/c1-4-30-13(28)9-7-5-6-8-10-31-20(29)14-15(21)18(24-11(2)26)17(23)19(16(14)22)25-12(3)27/h4-10H2,1-3H3,(H,24,26)(H,25,27). The van der Waals surface area contributed by atoms with Gasteiger partial charge in [-0.1, -0.05) is 12.8 Å². The Balaban J connectivity index is 2.83. The number of rotatable bonds is 11. The lowest BCUT2D eigenvalue weighted by Crippen LogP contribution is -2.19. The van der Waals surface area contributed by atoms with Gasteiger partial charge in [-0.2, -0.15) is 0 Å². The van der Waals surface area contributed by atoms with E-state index in [-0.39, 0.29) is 24.4 Å². The van der Waals surface area contributed by atoms with E-state index in [1.54, 1.807) is 6.92 Å². The largest absolute Gasteiger partial charge is 0.466 e. The highest BCUT2D eigenvalue weighted by molar-refractivity contribution is 14.1. The number of esters is 2. The fourth-order valence-electron chi connectivity index (χ4n) is 2.61. The molecule has 0 aliphatic carbocycles. The maximum Gasteiger partial charge on any atom is 0.340 e. The number of halogens is 3. The van der Waals surface area contributed by atoms with Crippen molar-refractivity contribution in [3.05, 3.63) is 16.3 Å². The molecule has 0 bridgehead atoms. The molecule has 1 rings (SSSR count). The van der Waals surface area contributed by atoms with Gasteiger partial charge in [0.1, 0.15) is 0 Å². The number of unbranched alkanes of at least 4 members (excludes halogenated alkanes) is 3. The average Bonchev–Trinajstić information content (AvgIpc) is 2.67. The predicted molar refractivity (Wildman–Crippen MR) is 143 cm³/mol. The van der Waals surface area contributed by atoms with E-state index >= 15 is 0 Å². The van der Waals surface area contributed by atoms with E-state index < -0.39 is 5.97 Å². The summed E-state index contributed by atoms with van der Waals surface area (Å²) >= 11 is 6.04. The lowest BCUT2D eigenvalue weighted by Gasteiger charge is -2.19. The molecule has 8 nitrogen and oxygen atoms in total.